The van der Waals surface area contributed by atoms with Gasteiger partial charge in [-0.1, -0.05) is 19.1 Å². The number of benzene rings is 1. The average molecular weight is 341 g/mol. The number of amides is 1. The molecule has 0 spiro atoms. The summed E-state index contributed by atoms with van der Waals surface area (Å²) in [7, 11) is 1.64. The van der Waals surface area contributed by atoms with Crippen LogP contribution in [0.1, 0.15) is 24.6 Å². The van der Waals surface area contributed by atoms with Gasteiger partial charge in [0.2, 0.25) is 0 Å². The molecule has 6 nitrogen and oxygen atoms in total. The fraction of sp³-hybridized carbons (Fsp3) is 0.368. The maximum Gasteiger partial charge on any atom is 0.289 e. The lowest BCUT2D eigenvalue weighted by molar-refractivity contribution is -0.136. The summed E-state index contributed by atoms with van der Waals surface area (Å²) < 4.78 is 12.7. The number of morpholine rings is 1. The van der Waals surface area contributed by atoms with E-state index in [1.807, 2.05) is 35.0 Å². The van der Waals surface area contributed by atoms with Crippen molar-refractivity contribution < 1.29 is 14.3 Å². The third kappa shape index (κ3) is 4.21. The molecule has 0 atom stereocenters. The Kier molecular flexibility index (Phi) is 5.38. The molecule has 0 unspecified atom stereocenters. The van der Waals surface area contributed by atoms with E-state index in [0.717, 1.165) is 30.0 Å². The quantitative estimate of drug-likeness (QED) is 0.758. The highest BCUT2D eigenvalue weighted by Crippen LogP contribution is 2.18. The van der Waals surface area contributed by atoms with Gasteiger partial charge in [-0.3, -0.25) is 4.79 Å². The predicted molar refractivity (Wildman–Crippen MR) is 94.9 cm³/mol. The van der Waals surface area contributed by atoms with E-state index in [0.29, 0.717) is 25.5 Å². The van der Waals surface area contributed by atoms with Gasteiger partial charge in [-0.15, -0.1) is 0 Å². The molecule has 1 saturated heterocycles. The van der Waals surface area contributed by atoms with E-state index in [4.69, 9.17) is 9.47 Å². The normalized spacial score (nSPS) is 16.2. The number of rotatable bonds is 6. The third-order valence-corrected chi connectivity index (χ3v) is 4.06. The largest absolute Gasteiger partial charge is 0.497 e. The van der Waals surface area contributed by atoms with E-state index in [1.54, 1.807) is 24.4 Å². The SMILES string of the molecule is CCCn1cnc(/C=C2/OCCN(Cc3ccc(OC)cc3)C2=O)c1. The zero-order valence-corrected chi connectivity index (χ0v) is 14.6. The minimum Gasteiger partial charge on any atom is -0.497 e. The predicted octanol–water partition coefficient (Wildman–Crippen LogP) is 2.70. The van der Waals surface area contributed by atoms with Crippen molar-refractivity contribution in [2.75, 3.05) is 20.3 Å². The van der Waals surface area contributed by atoms with Gasteiger partial charge in [-0.2, -0.15) is 0 Å². The van der Waals surface area contributed by atoms with Gasteiger partial charge >= 0.3 is 0 Å². The summed E-state index contributed by atoms with van der Waals surface area (Å²) in [5.74, 6) is 1.05. The van der Waals surface area contributed by atoms with Crippen LogP contribution in [-0.2, 0) is 22.6 Å². The lowest BCUT2D eigenvalue weighted by atomic mass is 10.2. The number of methoxy groups -OCH3 is 1. The van der Waals surface area contributed by atoms with Gasteiger partial charge in [0.25, 0.3) is 5.91 Å². The minimum absolute atomic E-state index is 0.105. The first-order chi connectivity index (χ1) is 12.2. The highest BCUT2D eigenvalue weighted by atomic mass is 16.5. The zero-order chi connectivity index (χ0) is 17.6. The molecule has 2 heterocycles. The van der Waals surface area contributed by atoms with E-state index < -0.39 is 0 Å². The van der Waals surface area contributed by atoms with Gasteiger partial charge in [0.15, 0.2) is 5.76 Å². The average Bonchev–Trinajstić information content (AvgIpc) is 3.06. The third-order valence-electron chi connectivity index (χ3n) is 4.06. The molecular weight excluding hydrogens is 318 g/mol. The van der Waals surface area contributed by atoms with Gasteiger partial charge in [0.1, 0.15) is 12.4 Å². The van der Waals surface area contributed by atoms with Crippen molar-refractivity contribution in [3.8, 4) is 5.75 Å². The Labute approximate surface area is 147 Å². The minimum atomic E-state index is -0.105. The number of imidazole rings is 1. The lowest BCUT2D eigenvalue weighted by Crippen LogP contribution is -2.39. The van der Waals surface area contributed by atoms with Gasteiger partial charge in [0.05, 0.1) is 25.7 Å². The number of nitrogens with zero attached hydrogens (tertiary/aromatic N) is 3. The molecule has 1 aliphatic heterocycles. The molecule has 132 valence electrons. The van der Waals surface area contributed by atoms with Gasteiger partial charge in [-0.05, 0) is 24.1 Å². The summed E-state index contributed by atoms with van der Waals surface area (Å²) in [5.41, 5.74) is 1.80. The van der Waals surface area contributed by atoms with Crippen LogP contribution in [-0.4, -0.2) is 40.6 Å². The van der Waals surface area contributed by atoms with Gasteiger partial charge < -0.3 is 18.9 Å². The van der Waals surface area contributed by atoms with Gasteiger partial charge in [0, 0.05) is 25.4 Å². The Bertz CT molecular complexity index is 750. The molecule has 1 fully saturated rings. The first-order valence-electron chi connectivity index (χ1n) is 8.48. The van der Waals surface area contributed by atoms with Gasteiger partial charge in [-0.25, -0.2) is 4.98 Å². The number of hydrogen-bond acceptors (Lipinski definition) is 4. The Balaban J connectivity index is 1.70. The van der Waals surface area contributed by atoms with Crippen molar-refractivity contribution in [2.24, 2.45) is 0 Å². The van der Waals surface area contributed by atoms with Crippen LogP contribution in [0.25, 0.3) is 6.08 Å². The van der Waals surface area contributed by atoms with Crippen LogP contribution in [0.2, 0.25) is 0 Å². The molecule has 1 aliphatic rings. The first-order valence-corrected chi connectivity index (χ1v) is 8.48. The van der Waals surface area contributed by atoms with Crippen LogP contribution in [0.5, 0.6) is 5.75 Å². The van der Waals surface area contributed by atoms with E-state index in [2.05, 4.69) is 11.9 Å². The van der Waals surface area contributed by atoms with Crippen molar-refractivity contribution >= 4 is 12.0 Å². The second-order valence-corrected chi connectivity index (χ2v) is 5.97. The summed E-state index contributed by atoms with van der Waals surface area (Å²) in [4.78, 5) is 18.8. The smallest absolute Gasteiger partial charge is 0.289 e. The Morgan fingerprint density at radius 3 is 2.84 bits per heavy atom. The Hall–Kier alpha value is -2.76. The van der Waals surface area contributed by atoms with E-state index in [9.17, 15) is 4.79 Å². The maximum absolute atomic E-state index is 12.7. The number of carbonyl (C=O) groups excluding carboxylic acids is 1. The summed E-state index contributed by atoms with van der Waals surface area (Å²) >= 11 is 0. The van der Waals surface area contributed by atoms with E-state index >= 15 is 0 Å². The van der Waals surface area contributed by atoms with E-state index in [-0.39, 0.29) is 5.91 Å². The maximum atomic E-state index is 12.7. The number of ether oxygens (including phenoxy) is 2. The standard InChI is InChI=1S/C19H23N3O3/c1-3-8-21-13-16(20-14-21)11-18-19(23)22(9-10-25-18)12-15-4-6-17(24-2)7-5-15/h4-7,11,13-14H,3,8-10,12H2,1-2H3/b18-11+. The van der Waals surface area contributed by atoms with Crippen LogP contribution < -0.4 is 4.74 Å². The monoisotopic (exact) mass is 341 g/mol. The summed E-state index contributed by atoms with van der Waals surface area (Å²) in [5, 5.41) is 0. The number of carbonyl (C=O) groups is 1. The summed E-state index contributed by atoms with van der Waals surface area (Å²) in [6.45, 7) is 4.64. The fourth-order valence-electron chi connectivity index (χ4n) is 2.76. The number of hydrogen-bond donors (Lipinski definition) is 0. The van der Waals surface area contributed by atoms with Crippen molar-refractivity contribution in [3.05, 3.63) is 53.8 Å². The fourth-order valence-corrected chi connectivity index (χ4v) is 2.76. The molecular formula is C19H23N3O3. The Morgan fingerprint density at radius 1 is 1.32 bits per heavy atom. The van der Waals surface area contributed by atoms with Crippen LogP contribution in [0.15, 0.2) is 42.5 Å². The molecule has 1 aromatic heterocycles. The lowest BCUT2D eigenvalue weighted by Gasteiger charge is -2.28. The molecule has 1 aromatic carbocycles. The molecule has 0 N–H and O–H groups in total. The molecule has 0 saturated carbocycles. The number of aromatic nitrogens is 2. The molecule has 1 amide bonds. The summed E-state index contributed by atoms with van der Waals surface area (Å²) in [6.07, 6.45) is 6.46. The van der Waals surface area contributed by atoms with Crippen LogP contribution >= 0.6 is 0 Å². The topological polar surface area (TPSA) is 56.6 Å². The molecule has 2 aromatic rings. The highest BCUT2D eigenvalue weighted by Gasteiger charge is 2.25. The van der Waals surface area contributed by atoms with Crippen molar-refractivity contribution in [2.45, 2.75) is 26.4 Å². The molecule has 3 rings (SSSR count). The van der Waals surface area contributed by atoms with Crippen LogP contribution in [0, 0.1) is 0 Å². The highest BCUT2D eigenvalue weighted by molar-refractivity contribution is 5.96. The summed E-state index contributed by atoms with van der Waals surface area (Å²) in [6, 6.07) is 7.74. The molecule has 6 heteroatoms. The van der Waals surface area contributed by atoms with Crippen LogP contribution in [0.3, 0.4) is 0 Å². The van der Waals surface area contributed by atoms with Crippen molar-refractivity contribution in [1.29, 1.82) is 0 Å². The van der Waals surface area contributed by atoms with E-state index in [1.165, 1.54) is 0 Å². The van der Waals surface area contributed by atoms with Crippen LogP contribution in [0.4, 0.5) is 0 Å². The second-order valence-electron chi connectivity index (χ2n) is 5.97. The zero-order valence-electron chi connectivity index (χ0n) is 14.6. The van der Waals surface area contributed by atoms with Crippen molar-refractivity contribution in [3.63, 3.8) is 0 Å². The number of aryl methyl sites for hydroxylation is 1. The molecule has 0 aliphatic carbocycles. The first kappa shape index (κ1) is 17.1. The van der Waals surface area contributed by atoms with Crippen molar-refractivity contribution in [1.82, 2.24) is 14.5 Å². The molecule has 0 radical (unpaired) electrons. The Morgan fingerprint density at radius 2 is 2.12 bits per heavy atom. The molecule has 25 heavy (non-hydrogen) atoms. The second kappa shape index (κ2) is 7.88. The molecule has 0 bridgehead atoms.